The number of anilines is 1. The maximum Gasteiger partial charge on any atom is 0.498 e. The zero-order valence-electron chi connectivity index (χ0n) is 12.9. The third-order valence-electron chi connectivity index (χ3n) is 3.99. The molecule has 1 saturated heterocycles. The summed E-state index contributed by atoms with van der Waals surface area (Å²) in [6.07, 6.45) is -1.12. The topological polar surface area (TPSA) is 77.0 Å². The molecule has 0 radical (unpaired) electrons. The molecule has 1 amide bonds. The van der Waals surface area contributed by atoms with Crippen molar-refractivity contribution in [1.82, 2.24) is 0 Å². The number of hydrogen-bond acceptors (Lipinski definition) is 4. The fourth-order valence-electron chi connectivity index (χ4n) is 2.08. The number of amides is 1. The summed E-state index contributed by atoms with van der Waals surface area (Å²) in [6.45, 7) is 7.89. The Balaban J connectivity index is 2.31. The highest BCUT2D eigenvalue weighted by atomic mass is 16.7. The first kappa shape index (κ1) is 15.7. The predicted molar refractivity (Wildman–Crippen MR) is 80.4 cm³/mol. The van der Waals surface area contributed by atoms with E-state index in [1.54, 1.807) is 18.2 Å². The van der Waals surface area contributed by atoms with Crippen molar-refractivity contribution in [2.45, 2.75) is 38.9 Å². The van der Waals surface area contributed by atoms with Crippen molar-refractivity contribution in [3.8, 4) is 5.75 Å². The van der Waals surface area contributed by atoms with Crippen molar-refractivity contribution in [1.29, 1.82) is 0 Å². The first-order valence-corrected chi connectivity index (χ1v) is 6.70. The molecule has 114 valence electrons. The van der Waals surface area contributed by atoms with Crippen LogP contribution in [0.3, 0.4) is 0 Å². The average molecular weight is 293 g/mol. The Hall–Kier alpha value is -1.73. The van der Waals surface area contributed by atoms with Crippen LogP contribution in [0, 0.1) is 0 Å². The smallest absolute Gasteiger partial charge is 0.497 e. The number of rotatable bonds is 3. The van der Waals surface area contributed by atoms with Gasteiger partial charge in [0, 0.05) is 17.2 Å². The van der Waals surface area contributed by atoms with E-state index in [4.69, 9.17) is 19.2 Å². The largest absolute Gasteiger partial charge is 0.498 e. The van der Waals surface area contributed by atoms with Gasteiger partial charge in [0.2, 0.25) is 0 Å². The number of nitrogens with one attached hydrogen (secondary N) is 1. The van der Waals surface area contributed by atoms with Crippen molar-refractivity contribution < 1.29 is 23.9 Å². The van der Waals surface area contributed by atoms with E-state index in [2.05, 4.69) is 5.32 Å². The lowest BCUT2D eigenvalue weighted by Crippen LogP contribution is -2.41. The molecule has 1 fully saturated rings. The highest BCUT2D eigenvalue weighted by molar-refractivity contribution is 6.63. The van der Waals surface area contributed by atoms with Gasteiger partial charge in [0.15, 0.2) is 0 Å². The van der Waals surface area contributed by atoms with Gasteiger partial charge in [-0.15, -0.1) is 0 Å². The molecule has 1 aliphatic heterocycles. The molecular formula is C14H20BNO5. The predicted octanol–water partition coefficient (Wildman–Crippen LogP) is 2.08. The Morgan fingerprint density at radius 1 is 1.24 bits per heavy atom. The first-order valence-electron chi connectivity index (χ1n) is 6.70. The molecule has 0 aromatic heterocycles. The van der Waals surface area contributed by atoms with Crippen molar-refractivity contribution in [3.63, 3.8) is 0 Å². The van der Waals surface area contributed by atoms with Gasteiger partial charge >= 0.3 is 13.2 Å². The van der Waals surface area contributed by atoms with Crippen LogP contribution < -0.4 is 15.5 Å². The Labute approximate surface area is 124 Å². The maximum atomic E-state index is 10.7. The number of hydrogen-bond donors (Lipinski definition) is 2. The van der Waals surface area contributed by atoms with Gasteiger partial charge in [0.05, 0.1) is 18.3 Å². The van der Waals surface area contributed by atoms with Crippen LogP contribution >= 0.6 is 0 Å². The molecule has 1 heterocycles. The van der Waals surface area contributed by atoms with E-state index < -0.39 is 24.4 Å². The van der Waals surface area contributed by atoms with Crippen LogP contribution in [0.4, 0.5) is 10.5 Å². The van der Waals surface area contributed by atoms with Crippen molar-refractivity contribution in [3.05, 3.63) is 18.2 Å². The number of benzene rings is 1. The standard InChI is InChI=1S/C14H20BNO5/c1-13(2)14(3,4)21-15(20-13)10-7-6-9(16-12(17)18)8-11(10)19-5/h6-8,16H,1-5H3,(H,17,18). The third-order valence-corrected chi connectivity index (χ3v) is 3.99. The maximum absolute atomic E-state index is 10.7. The second kappa shape index (κ2) is 5.24. The van der Waals surface area contributed by atoms with E-state index >= 15 is 0 Å². The molecule has 1 aromatic carbocycles. The normalized spacial score (nSPS) is 19.4. The molecular weight excluding hydrogens is 273 g/mol. The second-order valence-electron chi connectivity index (χ2n) is 5.98. The van der Waals surface area contributed by atoms with Gasteiger partial charge in [-0.3, -0.25) is 5.32 Å². The number of carbonyl (C=O) groups is 1. The monoisotopic (exact) mass is 293 g/mol. The summed E-state index contributed by atoms with van der Waals surface area (Å²) in [4.78, 5) is 10.7. The van der Waals surface area contributed by atoms with Crippen LogP contribution in [-0.2, 0) is 9.31 Å². The SMILES string of the molecule is COc1cc(NC(=O)O)ccc1B1OC(C)(C)C(C)(C)O1. The first-order chi connectivity index (χ1) is 9.66. The summed E-state index contributed by atoms with van der Waals surface area (Å²) in [5, 5.41) is 11.0. The van der Waals surface area contributed by atoms with Crippen molar-refractivity contribution in [2.24, 2.45) is 0 Å². The van der Waals surface area contributed by atoms with Gasteiger partial charge in [0.25, 0.3) is 0 Å². The second-order valence-corrected chi connectivity index (χ2v) is 5.98. The Morgan fingerprint density at radius 2 is 1.81 bits per heavy atom. The summed E-state index contributed by atoms with van der Waals surface area (Å²) < 4.78 is 17.3. The van der Waals surface area contributed by atoms with E-state index in [1.165, 1.54) is 7.11 Å². The zero-order chi connectivity index (χ0) is 15.8. The number of methoxy groups -OCH3 is 1. The van der Waals surface area contributed by atoms with Crippen molar-refractivity contribution in [2.75, 3.05) is 12.4 Å². The summed E-state index contributed by atoms with van der Waals surface area (Å²) in [5.41, 5.74) is 0.271. The lowest BCUT2D eigenvalue weighted by atomic mass is 9.78. The molecule has 0 saturated carbocycles. The highest BCUT2D eigenvalue weighted by Gasteiger charge is 2.52. The fourth-order valence-corrected chi connectivity index (χ4v) is 2.08. The molecule has 0 bridgehead atoms. The van der Waals surface area contributed by atoms with Crippen LogP contribution in [0.2, 0.25) is 0 Å². The van der Waals surface area contributed by atoms with Gasteiger partial charge in [-0.25, -0.2) is 4.79 Å². The molecule has 1 aromatic rings. The summed E-state index contributed by atoms with van der Waals surface area (Å²) in [7, 11) is 0.970. The van der Waals surface area contributed by atoms with Crippen LogP contribution in [0.25, 0.3) is 0 Å². The van der Waals surface area contributed by atoms with E-state index in [0.29, 0.717) is 11.4 Å². The highest BCUT2D eigenvalue weighted by Crippen LogP contribution is 2.37. The van der Waals surface area contributed by atoms with E-state index in [0.717, 1.165) is 5.46 Å². The van der Waals surface area contributed by atoms with Crippen LogP contribution in [-0.4, -0.2) is 36.6 Å². The van der Waals surface area contributed by atoms with Crippen LogP contribution in [0.5, 0.6) is 5.75 Å². The minimum atomic E-state index is -1.12. The Morgan fingerprint density at radius 3 is 2.29 bits per heavy atom. The van der Waals surface area contributed by atoms with Crippen LogP contribution in [0.15, 0.2) is 18.2 Å². The van der Waals surface area contributed by atoms with Gasteiger partial charge < -0.3 is 19.2 Å². The Kier molecular flexibility index (Phi) is 3.90. The molecule has 2 N–H and O–H groups in total. The molecule has 1 aliphatic rings. The molecule has 0 aliphatic carbocycles. The van der Waals surface area contributed by atoms with E-state index in [-0.39, 0.29) is 0 Å². The van der Waals surface area contributed by atoms with Crippen LogP contribution in [0.1, 0.15) is 27.7 Å². The van der Waals surface area contributed by atoms with E-state index in [9.17, 15) is 4.79 Å². The van der Waals surface area contributed by atoms with Crippen molar-refractivity contribution >= 4 is 24.4 Å². The fraction of sp³-hybridized carbons (Fsp3) is 0.500. The lowest BCUT2D eigenvalue weighted by molar-refractivity contribution is 0.00578. The van der Waals surface area contributed by atoms with Gasteiger partial charge in [-0.2, -0.15) is 0 Å². The molecule has 21 heavy (non-hydrogen) atoms. The Bertz CT molecular complexity index is 542. The molecule has 0 spiro atoms. The minimum absolute atomic E-state index is 0.430. The molecule has 0 atom stereocenters. The summed E-state index contributed by atoms with van der Waals surface area (Å²) in [6, 6.07) is 5.00. The van der Waals surface area contributed by atoms with E-state index in [1.807, 2.05) is 27.7 Å². The van der Waals surface area contributed by atoms with Gasteiger partial charge in [-0.1, -0.05) is 6.07 Å². The zero-order valence-corrected chi connectivity index (χ0v) is 12.9. The molecule has 7 heteroatoms. The summed E-state index contributed by atoms with van der Waals surface area (Å²) >= 11 is 0. The summed E-state index contributed by atoms with van der Waals surface area (Å²) in [5.74, 6) is 0.514. The average Bonchev–Trinajstić information content (AvgIpc) is 2.57. The quantitative estimate of drug-likeness (QED) is 0.834. The molecule has 6 nitrogen and oxygen atoms in total. The lowest BCUT2D eigenvalue weighted by Gasteiger charge is -2.32. The number of carboxylic acid groups (broad SMARTS) is 1. The van der Waals surface area contributed by atoms with Gasteiger partial charge in [-0.05, 0) is 33.8 Å². The molecule has 2 rings (SSSR count). The minimum Gasteiger partial charge on any atom is -0.497 e. The molecule has 0 unspecified atom stereocenters. The number of ether oxygens (including phenoxy) is 1. The third kappa shape index (κ3) is 2.98. The van der Waals surface area contributed by atoms with Gasteiger partial charge in [0.1, 0.15) is 5.75 Å².